The standard InChI is InChI=1S/C10H8N6O2/c1-6-2-7(16-5-12-4-13-16)3-8(10(17)18)9(6)14-15-11/h2-5H,1H3,(H,17,18). The van der Waals surface area contributed by atoms with E-state index in [4.69, 9.17) is 10.6 Å². The van der Waals surface area contributed by atoms with Gasteiger partial charge in [-0.05, 0) is 30.2 Å². The summed E-state index contributed by atoms with van der Waals surface area (Å²) in [5.74, 6) is -1.16. The van der Waals surface area contributed by atoms with Gasteiger partial charge in [-0.1, -0.05) is 5.11 Å². The lowest BCUT2D eigenvalue weighted by molar-refractivity contribution is 0.0697. The van der Waals surface area contributed by atoms with Crippen LogP contribution in [0.1, 0.15) is 15.9 Å². The van der Waals surface area contributed by atoms with E-state index in [1.165, 1.54) is 23.4 Å². The maximum Gasteiger partial charge on any atom is 0.336 e. The third-order valence-corrected chi connectivity index (χ3v) is 2.34. The van der Waals surface area contributed by atoms with Crippen LogP contribution in [0, 0.1) is 6.92 Å². The van der Waals surface area contributed by atoms with Gasteiger partial charge in [0.2, 0.25) is 0 Å². The summed E-state index contributed by atoms with van der Waals surface area (Å²) in [6.07, 6.45) is 2.80. The summed E-state index contributed by atoms with van der Waals surface area (Å²) >= 11 is 0. The quantitative estimate of drug-likeness (QED) is 0.505. The van der Waals surface area contributed by atoms with Crippen LogP contribution < -0.4 is 0 Å². The Morgan fingerprint density at radius 2 is 2.33 bits per heavy atom. The predicted octanol–water partition coefficient (Wildman–Crippen LogP) is 2.22. The molecular formula is C10H8N6O2. The lowest BCUT2D eigenvalue weighted by Crippen LogP contribution is -2.02. The molecule has 1 heterocycles. The molecule has 0 saturated carbocycles. The van der Waals surface area contributed by atoms with Crippen molar-refractivity contribution < 1.29 is 9.90 Å². The van der Waals surface area contributed by atoms with Gasteiger partial charge in [-0.2, -0.15) is 5.10 Å². The van der Waals surface area contributed by atoms with Crippen molar-refractivity contribution in [1.29, 1.82) is 0 Å². The molecule has 0 unspecified atom stereocenters. The molecule has 90 valence electrons. The second-order valence-electron chi connectivity index (χ2n) is 3.49. The number of nitrogens with zero attached hydrogens (tertiary/aromatic N) is 6. The molecule has 0 aliphatic rings. The van der Waals surface area contributed by atoms with E-state index in [-0.39, 0.29) is 11.3 Å². The average Bonchev–Trinajstić information content (AvgIpc) is 2.84. The fourth-order valence-corrected chi connectivity index (χ4v) is 1.57. The van der Waals surface area contributed by atoms with E-state index in [9.17, 15) is 4.79 Å². The van der Waals surface area contributed by atoms with Gasteiger partial charge in [0.15, 0.2) is 0 Å². The summed E-state index contributed by atoms with van der Waals surface area (Å²) in [5.41, 5.74) is 9.57. The Labute approximate surface area is 101 Å². The van der Waals surface area contributed by atoms with Crippen LogP contribution in [0.25, 0.3) is 16.1 Å². The van der Waals surface area contributed by atoms with Crippen LogP contribution in [-0.4, -0.2) is 25.8 Å². The van der Waals surface area contributed by atoms with Crippen molar-refractivity contribution in [2.45, 2.75) is 6.92 Å². The zero-order chi connectivity index (χ0) is 13.1. The highest BCUT2D eigenvalue weighted by atomic mass is 16.4. The van der Waals surface area contributed by atoms with E-state index in [0.717, 1.165) is 0 Å². The SMILES string of the molecule is Cc1cc(-n2cncn2)cc(C(=O)O)c1N=[N+]=[N-]. The number of carboxylic acid groups (broad SMARTS) is 1. The average molecular weight is 244 g/mol. The van der Waals surface area contributed by atoms with Crippen LogP contribution in [-0.2, 0) is 0 Å². The largest absolute Gasteiger partial charge is 0.478 e. The fourth-order valence-electron chi connectivity index (χ4n) is 1.57. The Balaban J connectivity index is 2.68. The normalized spacial score (nSPS) is 9.83. The van der Waals surface area contributed by atoms with Crippen LogP contribution in [0.3, 0.4) is 0 Å². The fraction of sp³-hybridized carbons (Fsp3) is 0.100. The highest BCUT2D eigenvalue weighted by Crippen LogP contribution is 2.27. The van der Waals surface area contributed by atoms with Crippen molar-refractivity contribution in [2.24, 2.45) is 5.11 Å². The van der Waals surface area contributed by atoms with Gasteiger partial charge in [0.1, 0.15) is 12.7 Å². The van der Waals surface area contributed by atoms with Gasteiger partial charge in [0.05, 0.1) is 16.9 Å². The molecule has 0 fully saturated rings. The van der Waals surface area contributed by atoms with Crippen LogP contribution in [0.5, 0.6) is 0 Å². The minimum atomic E-state index is -1.16. The number of carboxylic acids is 1. The molecule has 2 rings (SSSR count). The van der Waals surface area contributed by atoms with Crippen molar-refractivity contribution in [3.63, 3.8) is 0 Å². The molecule has 0 amide bonds. The van der Waals surface area contributed by atoms with Crippen molar-refractivity contribution in [2.75, 3.05) is 0 Å². The summed E-state index contributed by atoms with van der Waals surface area (Å²) in [6, 6.07) is 3.05. The Kier molecular flexibility index (Phi) is 2.94. The number of rotatable bonds is 3. The van der Waals surface area contributed by atoms with Gasteiger partial charge >= 0.3 is 5.97 Å². The van der Waals surface area contributed by atoms with E-state index in [1.54, 1.807) is 13.0 Å². The predicted molar refractivity (Wildman–Crippen MR) is 61.9 cm³/mol. The first-order valence-corrected chi connectivity index (χ1v) is 4.91. The number of aryl methyl sites for hydroxylation is 1. The zero-order valence-corrected chi connectivity index (χ0v) is 9.35. The first-order valence-electron chi connectivity index (χ1n) is 4.91. The van der Waals surface area contributed by atoms with E-state index >= 15 is 0 Å². The molecule has 8 heteroatoms. The Morgan fingerprint density at radius 1 is 1.56 bits per heavy atom. The number of azide groups is 1. The molecule has 0 aliphatic carbocycles. The molecule has 1 N–H and O–H groups in total. The maximum atomic E-state index is 11.1. The Morgan fingerprint density at radius 3 is 2.89 bits per heavy atom. The number of hydrogen-bond donors (Lipinski definition) is 1. The Bertz CT molecular complexity index is 643. The number of aromatic carboxylic acids is 1. The van der Waals surface area contributed by atoms with Gasteiger partial charge < -0.3 is 5.11 Å². The van der Waals surface area contributed by atoms with E-state index in [0.29, 0.717) is 11.3 Å². The monoisotopic (exact) mass is 244 g/mol. The molecule has 0 atom stereocenters. The van der Waals surface area contributed by atoms with Crippen molar-refractivity contribution >= 4 is 11.7 Å². The van der Waals surface area contributed by atoms with Gasteiger partial charge in [0.25, 0.3) is 0 Å². The van der Waals surface area contributed by atoms with Crippen molar-refractivity contribution in [3.8, 4) is 5.69 Å². The van der Waals surface area contributed by atoms with E-state index in [2.05, 4.69) is 20.1 Å². The first-order chi connectivity index (χ1) is 8.63. The van der Waals surface area contributed by atoms with Crippen LogP contribution in [0.4, 0.5) is 5.69 Å². The zero-order valence-electron chi connectivity index (χ0n) is 9.35. The highest BCUT2D eigenvalue weighted by Gasteiger charge is 2.14. The van der Waals surface area contributed by atoms with Gasteiger partial charge in [-0.3, -0.25) is 0 Å². The molecule has 2 aromatic rings. The molecule has 1 aromatic heterocycles. The molecule has 8 nitrogen and oxygen atoms in total. The molecule has 18 heavy (non-hydrogen) atoms. The second kappa shape index (κ2) is 4.56. The molecule has 0 saturated heterocycles. The maximum absolute atomic E-state index is 11.1. The van der Waals surface area contributed by atoms with Crippen LogP contribution in [0.2, 0.25) is 0 Å². The van der Waals surface area contributed by atoms with Gasteiger partial charge in [-0.15, -0.1) is 0 Å². The smallest absolute Gasteiger partial charge is 0.336 e. The molecule has 0 bridgehead atoms. The summed E-state index contributed by atoms with van der Waals surface area (Å²) in [6.45, 7) is 1.66. The van der Waals surface area contributed by atoms with Gasteiger partial charge in [0, 0.05) is 4.91 Å². The topological polar surface area (TPSA) is 117 Å². The minimum absolute atomic E-state index is 0.0710. The van der Waals surface area contributed by atoms with Crippen LogP contribution in [0.15, 0.2) is 29.9 Å². The van der Waals surface area contributed by atoms with E-state index < -0.39 is 5.97 Å². The number of carbonyl (C=O) groups is 1. The summed E-state index contributed by atoms with van der Waals surface area (Å²) in [7, 11) is 0. The minimum Gasteiger partial charge on any atom is -0.478 e. The van der Waals surface area contributed by atoms with Crippen molar-refractivity contribution in [1.82, 2.24) is 14.8 Å². The Hall–Kier alpha value is -2.86. The number of aromatic nitrogens is 3. The molecule has 1 aromatic carbocycles. The van der Waals surface area contributed by atoms with E-state index in [1.807, 2.05) is 0 Å². The lowest BCUT2D eigenvalue weighted by atomic mass is 10.1. The third kappa shape index (κ3) is 2.00. The lowest BCUT2D eigenvalue weighted by Gasteiger charge is -2.08. The summed E-state index contributed by atoms with van der Waals surface area (Å²) in [5, 5.41) is 16.4. The summed E-state index contributed by atoms with van der Waals surface area (Å²) < 4.78 is 1.43. The molecule has 0 spiro atoms. The summed E-state index contributed by atoms with van der Waals surface area (Å²) in [4.78, 5) is 17.6. The number of benzene rings is 1. The van der Waals surface area contributed by atoms with Gasteiger partial charge in [-0.25, -0.2) is 14.5 Å². The highest BCUT2D eigenvalue weighted by molar-refractivity contribution is 5.95. The molecule has 0 radical (unpaired) electrons. The third-order valence-electron chi connectivity index (χ3n) is 2.34. The van der Waals surface area contributed by atoms with Crippen molar-refractivity contribution in [3.05, 3.63) is 46.4 Å². The second-order valence-corrected chi connectivity index (χ2v) is 3.49. The number of hydrogen-bond acceptors (Lipinski definition) is 4. The molecule has 0 aliphatic heterocycles. The van der Waals surface area contributed by atoms with Crippen LogP contribution >= 0.6 is 0 Å². The first kappa shape index (κ1) is 11.6. The molecular weight excluding hydrogens is 236 g/mol.